The van der Waals surface area contributed by atoms with E-state index in [1.165, 1.54) is 12.1 Å². The Labute approximate surface area is 252 Å². The maximum absolute atomic E-state index is 14.6. The van der Waals surface area contributed by atoms with Crippen molar-refractivity contribution in [1.82, 2.24) is 40.0 Å². The number of nitrogens with zero attached hydrogens (tertiary/aromatic N) is 6. The number of imidazole rings is 1. The number of benzene rings is 1. The van der Waals surface area contributed by atoms with E-state index >= 15 is 0 Å². The highest BCUT2D eigenvalue weighted by molar-refractivity contribution is 5.97. The van der Waals surface area contributed by atoms with E-state index in [1.807, 2.05) is 64.0 Å². The summed E-state index contributed by atoms with van der Waals surface area (Å²) in [5, 5.41) is 11.1. The number of pyridine rings is 3. The predicted octanol–water partition coefficient (Wildman–Crippen LogP) is 5.69. The average molecular weight is 594 g/mol. The Balaban J connectivity index is 1.35. The quantitative estimate of drug-likeness (QED) is 0.205. The van der Waals surface area contributed by atoms with Crippen LogP contribution in [-0.2, 0) is 4.79 Å². The second-order valence-corrected chi connectivity index (χ2v) is 11.8. The van der Waals surface area contributed by atoms with Crippen LogP contribution in [0.15, 0.2) is 61.2 Å². The van der Waals surface area contributed by atoms with Gasteiger partial charge in [-0.3, -0.25) is 14.9 Å². The van der Waals surface area contributed by atoms with Gasteiger partial charge in [0.05, 0.1) is 22.8 Å². The van der Waals surface area contributed by atoms with Crippen LogP contribution in [0.1, 0.15) is 20.8 Å². The molecule has 0 spiro atoms. The number of anilines is 1. The number of aromatic nitrogens is 7. The van der Waals surface area contributed by atoms with Crippen molar-refractivity contribution < 1.29 is 13.9 Å². The molecule has 0 saturated heterocycles. The van der Waals surface area contributed by atoms with Crippen LogP contribution in [0.25, 0.3) is 56.0 Å². The van der Waals surface area contributed by atoms with Crippen LogP contribution in [0.3, 0.4) is 0 Å². The van der Waals surface area contributed by atoms with Gasteiger partial charge in [0.1, 0.15) is 23.9 Å². The van der Waals surface area contributed by atoms with Gasteiger partial charge in [0.15, 0.2) is 17.1 Å². The third-order valence-corrected chi connectivity index (χ3v) is 7.04. The number of rotatable bonds is 8. The number of amides is 1. The van der Waals surface area contributed by atoms with Crippen molar-refractivity contribution in [2.24, 2.45) is 5.41 Å². The van der Waals surface area contributed by atoms with E-state index in [-0.39, 0.29) is 5.91 Å². The number of carbonyl (C=O) groups is 1. The highest BCUT2D eigenvalue weighted by Crippen LogP contribution is 2.34. The van der Waals surface area contributed by atoms with E-state index in [0.717, 1.165) is 22.1 Å². The molecule has 0 saturated carbocycles. The van der Waals surface area contributed by atoms with Crippen LogP contribution >= 0.6 is 0 Å². The number of hydrogen-bond acceptors (Lipinski definition) is 8. The number of carbonyl (C=O) groups excluding carboxylic acids is 1. The van der Waals surface area contributed by atoms with E-state index < -0.39 is 11.2 Å². The smallest absolute Gasteiger partial charge is 0.229 e. The molecule has 1 amide bonds. The van der Waals surface area contributed by atoms with Gasteiger partial charge in [-0.1, -0.05) is 20.8 Å². The lowest BCUT2D eigenvalue weighted by molar-refractivity contribution is -0.123. The third kappa shape index (κ3) is 5.97. The van der Waals surface area contributed by atoms with Gasteiger partial charge in [-0.2, -0.15) is 5.10 Å². The zero-order chi connectivity index (χ0) is 31.0. The van der Waals surface area contributed by atoms with Gasteiger partial charge in [0, 0.05) is 53.3 Å². The molecular weight excluding hydrogens is 561 g/mol. The van der Waals surface area contributed by atoms with Gasteiger partial charge in [-0.15, -0.1) is 0 Å². The fourth-order valence-corrected chi connectivity index (χ4v) is 4.64. The Morgan fingerprint density at radius 1 is 1.00 bits per heavy atom. The van der Waals surface area contributed by atoms with E-state index in [9.17, 15) is 9.18 Å². The molecule has 12 heteroatoms. The lowest BCUT2D eigenvalue weighted by atomic mass is 9.95. The number of nitrogens with one attached hydrogen (secondary N) is 3. The number of likely N-dealkylation sites (N-methyl/N-ethyl adjacent to an activating group) is 1. The van der Waals surface area contributed by atoms with Crippen LogP contribution in [-0.4, -0.2) is 73.2 Å². The first-order chi connectivity index (χ1) is 21.0. The molecule has 11 nitrogen and oxygen atoms in total. The highest BCUT2D eigenvalue weighted by Gasteiger charge is 2.22. The molecule has 44 heavy (non-hydrogen) atoms. The molecule has 224 valence electrons. The molecule has 0 aliphatic carbocycles. The van der Waals surface area contributed by atoms with Crippen LogP contribution in [0, 0.1) is 11.2 Å². The zero-order valence-corrected chi connectivity index (χ0v) is 25.1. The molecule has 0 fully saturated rings. The monoisotopic (exact) mass is 593 g/mol. The Morgan fingerprint density at radius 3 is 2.61 bits per heavy atom. The number of ether oxygens (including phenoxy) is 1. The third-order valence-electron chi connectivity index (χ3n) is 7.04. The van der Waals surface area contributed by atoms with Crippen LogP contribution in [0.2, 0.25) is 0 Å². The van der Waals surface area contributed by atoms with Crippen molar-refractivity contribution in [3.63, 3.8) is 0 Å². The van der Waals surface area contributed by atoms with E-state index in [2.05, 4.69) is 35.5 Å². The zero-order valence-electron chi connectivity index (χ0n) is 25.1. The number of H-pyrrole nitrogens is 2. The van der Waals surface area contributed by atoms with Gasteiger partial charge in [-0.05, 0) is 50.0 Å². The number of fused-ring (bicyclic) bond motifs is 2. The summed E-state index contributed by atoms with van der Waals surface area (Å²) in [6, 6.07) is 10.3. The topological polar surface area (TPSA) is 138 Å². The van der Waals surface area contributed by atoms with Crippen molar-refractivity contribution in [3.05, 3.63) is 67.0 Å². The molecule has 5 aromatic heterocycles. The van der Waals surface area contributed by atoms with E-state index in [1.54, 1.807) is 24.8 Å². The summed E-state index contributed by atoms with van der Waals surface area (Å²) in [6.07, 6.45) is 6.67. The molecule has 6 aromatic rings. The fraction of sp³-hybridized carbons (Fsp3) is 0.250. The number of halogens is 1. The summed E-state index contributed by atoms with van der Waals surface area (Å²) in [5.74, 6) is 0.443. The van der Waals surface area contributed by atoms with Gasteiger partial charge in [-0.25, -0.2) is 19.3 Å². The Morgan fingerprint density at radius 2 is 1.82 bits per heavy atom. The second kappa shape index (κ2) is 11.5. The summed E-state index contributed by atoms with van der Waals surface area (Å²) < 4.78 is 20.4. The van der Waals surface area contributed by atoms with Gasteiger partial charge in [0.25, 0.3) is 0 Å². The maximum Gasteiger partial charge on any atom is 0.229 e. The molecular formula is C32H32FN9O2. The lowest BCUT2D eigenvalue weighted by Gasteiger charge is -2.17. The fourth-order valence-electron chi connectivity index (χ4n) is 4.64. The standard InChI is InChI=1S/C32H32FN9O2/c1-32(2,3)31(43)37-22-11-19(15-34-17-22)20-13-25-27(40-41-28(25)36-16-20)30-38-26-24(6-7-35-29(26)39-30)18-10-21(33)14-23(12-18)44-9-8-42(4)5/h6-7,10-17H,8-9H2,1-5H3,(H,37,43)(H,35,38,39)(H,36,40,41). The number of aromatic amines is 2. The molecule has 0 aliphatic heterocycles. The lowest BCUT2D eigenvalue weighted by Crippen LogP contribution is -2.27. The van der Waals surface area contributed by atoms with Crippen molar-refractivity contribution in [1.29, 1.82) is 0 Å². The average Bonchev–Trinajstić information content (AvgIpc) is 3.60. The van der Waals surface area contributed by atoms with Crippen molar-refractivity contribution in [2.75, 3.05) is 32.6 Å². The summed E-state index contributed by atoms with van der Waals surface area (Å²) in [4.78, 5) is 35.9. The number of hydrogen-bond donors (Lipinski definition) is 3. The summed E-state index contributed by atoms with van der Waals surface area (Å²) in [7, 11) is 3.90. The van der Waals surface area contributed by atoms with E-state index in [0.29, 0.717) is 58.5 Å². The van der Waals surface area contributed by atoms with Crippen LogP contribution < -0.4 is 10.1 Å². The molecule has 0 radical (unpaired) electrons. The van der Waals surface area contributed by atoms with Gasteiger partial charge < -0.3 is 19.9 Å². The molecule has 3 N–H and O–H groups in total. The minimum absolute atomic E-state index is 0.105. The summed E-state index contributed by atoms with van der Waals surface area (Å²) >= 11 is 0. The SMILES string of the molecule is CN(C)CCOc1cc(F)cc(-c2ccnc3nc(-c4[nH]nc5ncc(-c6cncc(NC(=O)C(C)(C)C)c6)cc45)[nH]c23)c1. The minimum atomic E-state index is -0.542. The first-order valence-corrected chi connectivity index (χ1v) is 14.1. The first kappa shape index (κ1) is 28.9. The van der Waals surface area contributed by atoms with Gasteiger partial charge in [0.2, 0.25) is 5.91 Å². The highest BCUT2D eigenvalue weighted by atomic mass is 19.1. The molecule has 0 atom stereocenters. The first-order valence-electron chi connectivity index (χ1n) is 14.1. The minimum Gasteiger partial charge on any atom is -0.492 e. The van der Waals surface area contributed by atoms with E-state index in [4.69, 9.17) is 9.72 Å². The Bertz CT molecular complexity index is 1990. The molecule has 0 aliphatic rings. The molecule has 1 aromatic carbocycles. The van der Waals surface area contributed by atoms with Gasteiger partial charge >= 0.3 is 0 Å². The Hall–Kier alpha value is -5.23. The largest absolute Gasteiger partial charge is 0.492 e. The van der Waals surface area contributed by atoms with Crippen LogP contribution in [0.4, 0.5) is 10.1 Å². The Kier molecular flexibility index (Phi) is 7.52. The summed E-state index contributed by atoms with van der Waals surface area (Å²) in [6.45, 7) is 6.70. The maximum atomic E-state index is 14.6. The second-order valence-electron chi connectivity index (χ2n) is 11.8. The molecule has 0 bridgehead atoms. The predicted molar refractivity (Wildman–Crippen MR) is 168 cm³/mol. The van der Waals surface area contributed by atoms with Crippen molar-refractivity contribution in [2.45, 2.75) is 20.8 Å². The van der Waals surface area contributed by atoms with Crippen molar-refractivity contribution in [3.8, 4) is 39.5 Å². The van der Waals surface area contributed by atoms with Crippen LogP contribution in [0.5, 0.6) is 5.75 Å². The normalized spacial score (nSPS) is 11.9. The molecule has 6 rings (SSSR count). The molecule has 0 unspecified atom stereocenters. The van der Waals surface area contributed by atoms with Crippen molar-refractivity contribution >= 4 is 33.8 Å². The summed E-state index contributed by atoms with van der Waals surface area (Å²) in [5.41, 5.74) is 5.22. The molecule has 5 heterocycles.